The fourth-order valence-corrected chi connectivity index (χ4v) is 3.87. The Morgan fingerprint density at radius 1 is 0.870 bits per heavy atom. The number of pyridine rings is 1. The van der Waals surface area contributed by atoms with Gasteiger partial charge in [-0.1, -0.05) is 18.2 Å². The first-order valence-electron chi connectivity index (χ1n) is 8.13. The Hall–Kier alpha value is -2.56. The lowest BCUT2D eigenvalue weighted by Crippen LogP contribution is -2.29. The number of para-hydroxylation sites is 2. The van der Waals surface area contributed by atoms with E-state index < -0.39 is 0 Å². The quantitative estimate of drug-likeness (QED) is 0.728. The predicted octanol–water partition coefficient (Wildman–Crippen LogP) is 2.80. The summed E-state index contributed by atoms with van der Waals surface area (Å²) in [5.41, 5.74) is 1.81. The van der Waals surface area contributed by atoms with Crippen molar-refractivity contribution in [2.24, 2.45) is 11.8 Å². The fraction of sp³-hybridized carbons (Fsp3) is 0.333. The molecular weight excluding hydrogens is 288 g/mol. The van der Waals surface area contributed by atoms with E-state index in [4.69, 9.17) is 4.42 Å². The van der Waals surface area contributed by atoms with Gasteiger partial charge in [0.2, 0.25) is 0 Å². The van der Waals surface area contributed by atoms with Crippen molar-refractivity contribution in [3.05, 3.63) is 48.7 Å². The normalized spacial score (nSPS) is 23.7. The molecule has 0 amide bonds. The minimum absolute atomic E-state index is 0.659. The van der Waals surface area contributed by atoms with E-state index >= 15 is 0 Å². The number of benzene rings is 1. The van der Waals surface area contributed by atoms with E-state index in [9.17, 15) is 0 Å². The van der Waals surface area contributed by atoms with Crippen molar-refractivity contribution >= 4 is 22.9 Å². The highest BCUT2D eigenvalue weighted by Gasteiger charge is 2.41. The highest BCUT2D eigenvalue weighted by Crippen LogP contribution is 2.36. The smallest absolute Gasteiger partial charge is 0.298 e. The average Bonchev–Trinajstić information content (AvgIpc) is 3.27. The van der Waals surface area contributed by atoms with Crippen LogP contribution < -0.4 is 9.80 Å². The van der Waals surface area contributed by atoms with Crippen LogP contribution in [-0.2, 0) is 0 Å². The molecule has 0 bridgehead atoms. The molecule has 1 aromatic carbocycles. The molecule has 2 aliphatic rings. The first kappa shape index (κ1) is 12.9. The molecule has 2 saturated heterocycles. The second-order valence-corrected chi connectivity index (χ2v) is 6.48. The first-order chi connectivity index (χ1) is 11.4. The molecule has 5 heteroatoms. The second-order valence-electron chi connectivity index (χ2n) is 6.48. The molecule has 5 rings (SSSR count). The minimum Gasteiger partial charge on any atom is -0.423 e. The summed E-state index contributed by atoms with van der Waals surface area (Å²) in [5.74, 6) is 2.41. The third-order valence-corrected chi connectivity index (χ3v) is 5.01. The Morgan fingerprint density at radius 2 is 1.61 bits per heavy atom. The van der Waals surface area contributed by atoms with E-state index in [1.54, 1.807) is 0 Å². The molecule has 2 aliphatic heterocycles. The van der Waals surface area contributed by atoms with Gasteiger partial charge in [-0.15, -0.1) is 0 Å². The summed E-state index contributed by atoms with van der Waals surface area (Å²) in [6.45, 7) is 4.17. The van der Waals surface area contributed by atoms with Gasteiger partial charge in [-0.2, -0.15) is 4.98 Å². The first-order valence-corrected chi connectivity index (χ1v) is 8.13. The van der Waals surface area contributed by atoms with Gasteiger partial charge in [-0.25, -0.2) is 4.98 Å². The van der Waals surface area contributed by atoms with Crippen LogP contribution in [0.25, 0.3) is 11.1 Å². The molecule has 5 nitrogen and oxygen atoms in total. The van der Waals surface area contributed by atoms with Crippen molar-refractivity contribution in [3.63, 3.8) is 0 Å². The molecule has 2 atom stereocenters. The fourth-order valence-electron chi connectivity index (χ4n) is 3.87. The van der Waals surface area contributed by atoms with E-state index in [1.807, 2.05) is 36.5 Å². The van der Waals surface area contributed by atoms with Gasteiger partial charge in [0, 0.05) is 44.2 Å². The second kappa shape index (κ2) is 4.98. The van der Waals surface area contributed by atoms with Crippen LogP contribution >= 0.6 is 0 Å². The van der Waals surface area contributed by atoms with Crippen LogP contribution in [0, 0.1) is 11.8 Å². The third-order valence-electron chi connectivity index (χ3n) is 5.01. The van der Waals surface area contributed by atoms with E-state index in [0.29, 0.717) is 11.8 Å². The summed E-state index contributed by atoms with van der Waals surface area (Å²) >= 11 is 0. The lowest BCUT2D eigenvalue weighted by Gasteiger charge is -2.21. The molecule has 116 valence electrons. The van der Waals surface area contributed by atoms with Crippen molar-refractivity contribution in [3.8, 4) is 0 Å². The highest BCUT2D eigenvalue weighted by molar-refractivity contribution is 5.74. The maximum absolute atomic E-state index is 5.92. The number of oxazole rings is 1. The Labute approximate surface area is 134 Å². The topological polar surface area (TPSA) is 45.4 Å². The van der Waals surface area contributed by atoms with E-state index in [-0.39, 0.29) is 0 Å². The number of fused-ring (bicyclic) bond motifs is 2. The van der Waals surface area contributed by atoms with Crippen molar-refractivity contribution < 1.29 is 4.42 Å². The average molecular weight is 306 g/mol. The maximum atomic E-state index is 5.92. The Balaban J connectivity index is 1.33. The summed E-state index contributed by atoms with van der Waals surface area (Å²) in [5, 5.41) is 0. The number of nitrogens with zero attached hydrogens (tertiary/aromatic N) is 4. The molecule has 0 N–H and O–H groups in total. The van der Waals surface area contributed by atoms with Gasteiger partial charge in [-0.3, -0.25) is 0 Å². The van der Waals surface area contributed by atoms with E-state index in [1.165, 1.54) is 0 Å². The SMILES string of the molecule is c1ccc(N2CC3CN(c4nc5ccccc5o4)CC3C2)nc1. The number of rotatable bonds is 2. The summed E-state index contributed by atoms with van der Waals surface area (Å²) in [6, 6.07) is 14.9. The highest BCUT2D eigenvalue weighted by atomic mass is 16.4. The van der Waals surface area contributed by atoms with Crippen molar-refractivity contribution in [1.82, 2.24) is 9.97 Å². The molecule has 23 heavy (non-hydrogen) atoms. The van der Waals surface area contributed by atoms with Crippen molar-refractivity contribution in [2.75, 3.05) is 36.0 Å². The van der Waals surface area contributed by atoms with E-state index in [2.05, 4.69) is 31.9 Å². The molecule has 0 aliphatic carbocycles. The van der Waals surface area contributed by atoms with Crippen LogP contribution in [0.15, 0.2) is 53.1 Å². The summed E-state index contributed by atoms with van der Waals surface area (Å²) in [7, 11) is 0. The number of aromatic nitrogens is 2. The largest absolute Gasteiger partial charge is 0.423 e. The van der Waals surface area contributed by atoms with Gasteiger partial charge < -0.3 is 14.2 Å². The number of hydrogen-bond donors (Lipinski definition) is 0. The molecule has 0 spiro atoms. The molecule has 0 radical (unpaired) electrons. The third kappa shape index (κ3) is 2.15. The van der Waals surface area contributed by atoms with Crippen molar-refractivity contribution in [2.45, 2.75) is 0 Å². The maximum Gasteiger partial charge on any atom is 0.298 e. The number of anilines is 2. The lowest BCUT2D eigenvalue weighted by molar-refractivity contribution is 0.533. The van der Waals surface area contributed by atoms with Crippen LogP contribution in [-0.4, -0.2) is 36.1 Å². The van der Waals surface area contributed by atoms with Crippen molar-refractivity contribution in [1.29, 1.82) is 0 Å². The van der Waals surface area contributed by atoms with Crippen LogP contribution in [0.3, 0.4) is 0 Å². The van der Waals surface area contributed by atoms with Crippen LogP contribution in [0.4, 0.5) is 11.8 Å². The minimum atomic E-state index is 0.659. The van der Waals surface area contributed by atoms with Gasteiger partial charge in [0.1, 0.15) is 11.3 Å². The monoisotopic (exact) mass is 306 g/mol. The molecule has 3 aromatic rings. The molecule has 2 unspecified atom stereocenters. The van der Waals surface area contributed by atoms with Crippen LogP contribution in [0.2, 0.25) is 0 Å². The Bertz CT molecular complexity index is 784. The molecule has 4 heterocycles. The zero-order valence-corrected chi connectivity index (χ0v) is 12.8. The summed E-state index contributed by atoms with van der Waals surface area (Å²) in [4.78, 5) is 13.8. The van der Waals surface area contributed by atoms with Gasteiger partial charge in [-0.05, 0) is 24.3 Å². The molecule has 0 saturated carbocycles. The van der Waals surface area contributed by atoms with Gasteiger partial charge >= 0.3 is 0 Å². The molecular formula is C18H18N4O. The van der Waals surface area contributed by atoms with Gasteiger partial charge in [0.05, 0.1) is 0 Å². The van der Waals surface area contributed by atoms with Gasteiger partial charge in [0.15, 0.2) is 5.58 Å². The lowest BCUT2D eigenvalue weighted by atomic mass is 10.0. The predicted molar refractivity (Wildman–Crippen MR) is 89.7 cm³/mol. The zero-order chi connectivity index (χ0) is 15.2. The molecule has 2 aromatic heterocycles. The standard InChI is InChI=1S/C18H18N4O/c1-2-6-16-15(5-1)20-18(23-16)22-11-13-9-21(10-14(13)12-22)17-7-3-4-8-19-17/h1-8,13-14H,9-12H2. The zero-order valence-electron chi connectivity index (χ0n) is 12.8. The summed E-state index contributed by atoms with van der Waals surface area (Å²) < 4.78 is 5.92. The van der Waals surface area contributed by atoms with Gasteiger partial charge in [0.25, 0.3) is 6.01 Å². The Morgan fingerprint density at radius 3 is 2.35 bits per heavy atom. The number of hydrogen-bond acceptors (Lipinski definition) is 5. The van der Waals surface area contributed by atoms with E-state index in [0.717, 1.165) is 49.1 Å². The van der Waals surface area contributed by atoms with Crippen LogP contribution in [0.5, 0.6) is 0 Å². The summed E-state index contributed by atoms with van der Waals surface area (Å²) in [6.07, 6.45) is 1.87. The Kier molecular flexibility index (Phi) is 2.80. The van der Waals surface area contributed by atoms with Crippen LogP contribution in [0.1, 0.15) is 0 Å². The molecule has 2 fully saturated rings.